The largest absolute Gasteiger partial charge is 0.361 e. The molecule has 0 unspecified atom stereocenters. The van der Waals surface area contributed by atoms with Crippen molar-refractivity contribution < 1.29 is 8.78 Å². The molecule has 33 heavy (non-hydrogen) atoms. The zero-order valence-corrected chi connectivity index (χ0v) is 18.7. The Morgan fingerprint density at radius 3 is 2.55 bits per heavy atom. The summed E-state index contributed by atoms with van der Waals surface area (Å²) in [5.74, 6) is -0.762. The van der Waals surface area contributed by atoms with Gasteiger partial charge >= 0.3 is 0 Å². The van der Waals surface area contributed by atoms with E-state index < -0.39 is 11.6 Å². The number of H-pyrrole nitrogens is 1. The van der Waals surface area contributed by atoms with Crippen molar-refractivity contribution in [2.45, 2.75) is 38.5 Å². The predicted octanol–water partition coefficient (Wildman–Crippen LogP) is 5.30. The Hall–Kier alpha value is -3.06. The number of piperidine rings is 1. The summed E-state index contributed by atoms with van der Waals surface area (Å²) in [6.45, 7) is 3.08. The Balaban J connectivity index is 1.08. The lowest BCUT2D eigenvalue weighted by atomic mass is 9.90. The van der Waals surface area contributed by atoms with Gasteiger partial charge in [-0.25, -0.2) is 8.78 Å². The van der Waals surface area contributed by atoms with E-state index in [-0.39, 0.29) is 0 Å². The highest BCUT2D eigenvalue weighted by molar-refractivity contribution is 5.85. The quantitative estimate of drug-likeness (QED) is 0.397. The van der Waals surface area contributed by atoms with Crippen molar-refractivity contribution in [1.29, 1.82) is 0 Å². The van der Waals surface area contributed by atoms with Gasteiger partial charge in [-0.15, -0.1) is 10.2 Å². The predicted molar refractivity (Wildman–Crippen MR) is 125 cm³/mol. The number of hydrogen-bond donors (Lipinski definition) is 1. The van der Waals surface area contributed by atoms with Gasteiger partial charge in [-0.3, -0.25) is 4.57 Å². The number of benzene rings is 2. The first kappa shape index (κ1) is 21.8. The number of halogens is 2. The summed E-state index contributed by atoms with van der Waals surface area (Å²) in [6.07, 6.45) is 12.3. The van der Waals surface area contributed by atoms with Crippen molar-refractivity contribution in [3.05, 3.63) is 78.0 Å². The fraction of sp³-hybridized carbons (Fsp3) is 0.385. The van der Waals surface area contributed by atoms with E-state index in [9.17, 15) is 8.78 Å². The molecule has 0 amide bonds. The van der Waals surface area contributed by atoms with Gasteiger partial charge in [-0.1, -0.05) is 12.5 Å². The van der Waals surface area contributed by atoms with E-state index in [1.165, 1.54) is 48.8 Å². The summed E-state index contributed by atoms with van der Waals surface area (Å²) >= 11 is 0. The van der Waals surface area contributed by atoms with Gasteiger partial charge in [-0.05, 0) is 92.6 Å². The fourth-order valence-corrected chi connectivity index (χ4v) is 4.93. The Kier molecular flexibility index (Phi) is 6.48. The van der Waals surface area contributed by atoms with Gasteiger partial charge < -0.3 is 9.88 Å². The minimum Gasteiger partial charge on any atom is -0.361 e. The summed E-state index contributed by atoms with van der Waals surface area (Å²) in [5.41, 5.74) is 4.46. The van der Waals surface area contributed by atoms with E-state index in [2.05, 4.69) is 44.5 Å². The summed E-state index contributed by atoms with van der Waals surface area (Å²) in [4.78, 5) is 5.85. The van der Waals surface area contributed by atoms with Crippen molar-refractivity contribution in [3.8, 4) is 5.69 Å². The third kappa shape index (κ3) is 5.14. The van der Waals surface area contributed by atoms with Gasteiger partial charge in [0.15, 0.2) is 11.6 Å². The van der Waals surface area contributed by atoms with E-state index in [1.807, 2.05) is 4.57 Å². The zero-order chi connectivity index (χ0) is 22.6. The summed E-state index contributed by atoms with van der Waals surface area (Å²) in [5, 5.41) is 9.08. The van der Waals surface area contributed by atoms with E-state index >= 15 is 0 Å². The topological polar surface area (TPSA) is 49.7 Å². The van der Waals surface area contributed by atoms with Gasteiger partial charge in [-0.2, -0.15) is 0 Å². The molecule has 2 aromatic heterocycles. The molecule has 0 bridgehead atoms. The first-order valence-electron chi connectivity index (χ1n) is 11.8. The molecule has 5 rings (SSSR count). The normalized spacial score (nSPS) is 15.5. The first-order valence-corrected chi connectivity index (χ1v) is 11.8. The van der Waals surface area contributed by atoms with Gasteiger partial charge in [0, 0.05) is 29.3 Å². The van der Waals surface area contributed by atoms with Crippen LogP contribution in [-0.2, 0) is 12.8 Å². The van der Waals surface area contributed by atoms with Crippen LogP contribution in [0.15, 0.2) is 55.2 Å². The molecule has 0 spiro atoms. The average molecular weight is 450 g/mol. The maximum atomic E-state index is 13.4. The van der Waals surface area contributed by atoms with Crippen molar-refractivity contribution >= 4 is 10.9 Å². The molecular formula is C26H29F2N5. The lowest BCUT2D eigenvalue weighted by molar-refractivity contribution is 0.179. The highest BCUT2D eigenvalue weighted by atomic mass is 19.2. The van der Waals surface area contributed by atoms with Crippen molar-refractivity contribution in [2.24, 2.45) is 5.92 Å². The molecule has 1 fully saturated rings. The Labute approximate surface area is 192 Å². The minimum absolute atomic E-state index is 0.753. The first-order chi connectivity index (χ1) is 16.2. The fourth-order valence-electron chi connectivity index (χ4n) is 4.93. The number of nitrogens with zero attached hydrogens (tertiary/aromatic N) is 4. The van der Waals surface area contributed by atoms with Crippen LogP contribution in [0.3, 0.4) is 0 Å². The molecule has 3 heterocycles. The number of rotatable bonds is 8. The van der Waals surface area contributed by atoms with Crippen molar-refractivity contribution in [2.75, 3.05) is 19.6 Å². The smallest absolute Gasteiger partial charge is 0.159 e. The van der Waals surface area contributed by atoms with Crippen LogP contribution < -0.4 is 0 Å². The number of aromatic nitrogens is 4. The van der Waals surface area contributed by atoms with Crippen LogP contribution in [0.1, 0.15) is 36.8 Å². The number of aromatic amines is 1. The lowest BCUT2D eigenvalue weighted by Gasteiger charge is -2.32. The van der Waals surface area contributed by atoms with Crippen LogP contribution in [0.2, 0.25) is 0 Å². The van der Waals surface area contributed by atoms with Crippen LogP contribution in [-0.4, -0.2) is 44.3 Å². The average Bonchev–Trinajstić information content (AvgIpc) is 3.51. The second kappa shape index (κ2) is 9.83. The minimum atomic E-state index is -0.775. The molecule has 0 saturated carbocycles. The number of fused-ring (bicyclic) bond motifs is 1. The SMILES string of the molecule is Fc1ccc(CCN2CCC(CCCc3c[nH]c4ccc(-n5cnnc5)cc34)CC2)cc1F. The standard InChI is InChI=1S/C26H29F2N5/c27-24-6-4-20(14-25(24)28)10-13-32-11-8-19(9-12-32)2-1-3-21-16-29-26-7-5-22(15-23(21)26)33-17-30-31-18-33/h4-7,14-19,29H,1-3,8-13H2. The molecule has 0 radical (unpaired) electrons. The molecule has 7 heteroatoms. The Morgan fingerprint density at radius 1 is 0.939 bits per heavy atom. The molecule has 0 aliphatic carbocycles. The van der Waals surface area contributed by atoms with E-state index in [0.29, 0.717) is 0 Å². The molecule has 172 valence electrons. The van der Waals surface area contributed by atoms with Gasteiger partial charge in [0.2, 0.25) is 0 Å². The van der Waals surface area contributed by atoms with Crippen LogP contribution in [0, 0.1) is 17.6 Å². The summed E-state index contributed by atoms with van der Waals surface area (Å²) < 4.78 is 28.4. The third-order valence-electron chi connectivity index (χ3n) is 6.93. The summed E-state index contributed by atoms with van der Waals surface area (Å²) in [7, 11) is 0. The number of aryl methyl sites for hydroxylation is 1. The van der Waals surface area contributed by atoms with Gasteiger partial charge in [0.05, 0.1) is 0 Å². The van der Waals surface area contributed by atoms with Crippen LogP contribution in [0.5, 0.6) is 0 Å². The highest BCUT2D eigenvalue weighted by Crippen LogP contribution is 2.26. The Bertz CT molecular complexity index is 1190. The maximum absolute atomic E-state index is 13.4. The molecule has 1 saturated heterocycles. The van der Waals surface area contributed by atoms with Crippen molar-refractivity contribution in [1.82, 2.24) is 24.6 Å². The molecule has 4 aromatic rings. The van der Waals surface area contributed by atoms with Crippen LogP contribution >= 0.6 is 0 Å². The summed E-state index contributed by atoms with van der Waals surface area (Å²) in [6, 6.07) is 10.6. The molecule has 2 aromatic carbocycles. The van der Waals surface area contributed by atoms with E-state index in [1.54, 1.807) is 18.7 Å². The lowest BCUT2D eigenvalue weighted by Crippen LogP contribution is -2.35. The van der Waals surface area contributed by atoms with Gasteiger partial charge in [0.1, 0.15) is 12.7 Å². The number of nitrogens with one attached hydrogen (secondary N) is 1. The monoisotopic (exact) mass is 449 g/mol. The maximum Gasteiger partial charge on any atom is 0.159 e. The zero-order valence-electron chi connectivity index (χ0n) is 18.7. The van der Waals surface area contributed by atoms with E-state index in [0.717, 1.165) is 55.2 Å². The Morgan fingerprint density at radius 2 is 1.76 bits per heavy atom. The second-order valence-electron chi connectivity index (χ2n) is 9.09. The molecule has 5 nitrogen and oxygen atoms in total. The number of likely N-dealkylation sites (tertiary alicyclic amines) is 1. The molecule has 0 atom stereocenters. The molecular weight excluding hydrogens is 420 g/mol. The van der Waals surface area contributed by atoms with E-state index in [4.69, 9.17) is 0 Å². The molecule has 1 N–H and O–H groups in total. The second-order valence-corrected chi connectivity index (χ2v) is 9.09. The third-order valence-corrected chi connectivity index (χ3v) is 6.93. The molecule has 1 aliphatic rings. The molecule has 1 aliphatic heterocycles. The van der Waals surface area contributed by atoms with Gasteiger partial charge in [0.25, 0.3) is 0 Å². The number of hydrogen-bond acceptors (Lipinski definition) is 3. The highest BCUT2D eigenvalue weighted by Gasteiger charge is 2.19. The van der Waals surface area contributed by atoms with Crippen molar-refractivity contribution in [3.63, 3.8) is 0 Å². The van der Waals surface area contributed by atoms with Crippen LogP contribution in [0.25, 0.3) is 16.6 Å². The van der Waals surface area contributed by atoms with Crippen LogP contribution in [0.4, 0.5) is 8.78 Å².